The van der Waals surface area contributed by atoms with Crippen molar-refractivity contribution in [2.24, 2.45) is 5.92 Å². The Morgan fingerprint density at radius 2 is 2.17 bits per heavy atom. The van der Waals surface area contributed by atoms with Crippen LogP contribution in [0.2, 0.25) is 0 Å². The molecule has 1 aliphatic heterocycles. The molecule has 1 aromatic rings. The summed E-state index contributed by atoms with van der Waals surface area (Å²) in [5.74, 6) is 0.888. The summed E-state index contributed by atoms with van der Waals surface area (Å²) in [6.45, 7) is 6.14. The fourth-order valence-electron chi connectivity index (χ4n) is 2.06. The third-order valence-electron chi connectivity index (χ3n) is 2.97. The van der Waals surface area contributed by atoms with Gasteiger partial charge in [-0.1, -0.05) is 25.2 Å². The number of hydrogen-bond donors (Lipinski definition) is 2. The molecule has 1 aromatic heterocycles. The highest BCUT2D eigenvalue weighted by atomic mass is 32.1. The second-order valence-corrected chi connectivity index (χ2v) is 6.12. The number of aromatic nitrogens is 2. The van der Waals surface area contributed by atoms with Gasteiger partial charge in [0.1, 0.15) is 5.01 Å². The topological polar surface area (TPSA) is 66.9 Å². The first-order valence-corrected chi connectivity index (χ1v) is 7.30. The summed E-state index contributed by atoms with van der Waals surface area (Å²) in [6.07, 6.45) is 2.74. The maximum Gasteiger partial charge on any atom is 0.226 e. The Kier molecular flexibility index (Phi) is 4.66. The van der Waals surface area contributed by atoms with Crippen LogP contribution in [0.15, 0.2) is 0 Å². The second-order valence-electron chi connectivity index (χ2n) is 5.12. The number of nitrogens with zero attached hydrogens (tertiary/aromatic N) is 2. The Balaban J connectivity index is 1.91. The molecule has 1 fully saturated rings. The lowest BCUT2D eigenvalue weighted by atomic mass is 9.99. The van der Waals surface area contributed by atoms with Crippen LogP contribution in [0.1, 0.15) is 44.0 Å². The molecule has 0 aliphatic carbocycles. The summed E-state index contributed by atoms with van der Waals surface area (Å²) in [5, 5.41) is 16.1. The molecular weight excluding hydrogens is 248 g/mol. The van der Waals surface area contributed by atoms with Crippen LogP contribution in [0.3, 0.4) is 0 Å². The highest BCUT2D eigenvalue weighted by Crippen LogP contribution is 2.29. The molecule has 0 atom stereocenters. The molecule has 1 amide bonds. The van der Waals surface area contributed by atoms with Crippen LogP contribution >= 0.6 is 11.3 Å². The Morgan fingerprint density at radius 1 is 1.44 bits per heavy atom. The van der Waals surface area contributed by atoms with E-state index in [0.717, 1.165) is 30.9 Å². The molecule has 1 saturated heterocycles. The average molecular weight is 268 g/mol. The molecule has 2 heterocycles. The van der Waals surface area contributed by atoms with Crippen LogP contribution < -0.4 is 10.6 Å². The van der Waals surface area contributed by atoms with Gasteiger partial charge in [-0.25, -0.2) is 0 Å². The number of hydrogen-bond acceptors (Lipinski definition) is 5. The van der Waals surface area contributed by atoms with Crippen molar-refractivity contribution in [3.8, 4) is 0 Å². The lowest BCUT2D eigenvalue weighted by Crippen LogP contribution is -2.26. The smallest absolute Gasteiger partial charge is 0.226 e. The molecule has 5 nitrogen and oxygen atoms in total. The van der Waals surface area contributed by atoms with Gasteiger partial charge in [0.2, 0.25) is 11.0 Å². The van der Waals surface area contributed by atoms with Gasteiger partial charge < -0.3 is 10.6 Å². The fourth-order valence-corrected chi connectivity index (χ4v) is 2.99. The molecule has 2 rings (SSSR count). The lowest BCUT2D eigenvalue weighted by molar-refractivity contribution is -0.116. The normalized spacial score (nSPS) is 17.1. The predicted octanol–water partition coefficient (Wildman–Crippen LogP) is 1.99. The molecule has 0 bridgehead atoms. The van der Waals surface area contributed by atoms with Crippen molar-refractivity contribution >= 4 is 22.4 Å². The fraction of sp³-hybridized carbons (Fsp3) is 0.750. The van der Waals surface area contributed by atoms with Gasteiger partial charge in [0.15, 0.2) is 0 Å². The van der Waals surface area contributed by atoms with E-state index in [1.165, 1.54) is 11.3 Å². The molecule has 1 aliphatic rings. The standard InChI is InChI=1S/C12H20N4OS/c1-8(2)7-10(17)14-12-16-15-11(18-12)9-3-5-13-6-4-9/h8-9,13H,3-7H2,1-2H3,(H,14,16,17). The number of piperidine rings is 1. The largest absolute Gasteiger partial charge is 0.317 e. The summed E-state index contributed by atoms with van der Waals surface area (Å²) in [5.41, 5.74) is 0. The van der Waals surface area contributed by atoms with E-state index in [2.05, 4.69) is 20.8 Å². The zero-order valence-corrected chi connectivity index (χ0v) is 11.7. The third kappa shape index (κ3) is 3.74. The first-order chi connectivity index (χ1) is 8.65. The first-order valence-electron chi connectivity index (χ1n) is 6.49. The molecule has 18 heavy (non-hydrogen) atoms. The zero-order chi connectivity index (χ0) is 13.0. The van der Waals surface area contributed by atoms with Gasteiger partial charge in [0.25, 0.3) is 0 Å². The highest BCUT2D eigenvalue weighted by molar-refractivity contribution is 7.15. The van der Waals surface area contributed by atoms with Gasteiger partial charge in [-0.15, -0.1) is 10.2 Å². The maximum atomic E-state index is 11.6. The Labute approximate surface area is 111 Å². The van der Waals surface area contributed by atoms with E-state index in [1.54, 1.807) is 0 Å². The van der Waals surface area contributed by atoms with E-state index in [9.17, 15) is 4.79 Å². The molecule has 0 radical (unpaired) electrons. The van der Waals surface area contributed by atoms with Crippen molar-refractivity contribution in [3.05, 3.63) is 5.01 Å². The Morgan fingerprint density at radius 3 is 2.83 bits per heavy atom. The first kappa shape index (κ1) is 13.4. The molecule has 6 heteroatoms. The van der Waals surface area contributed by atoms with Gasteiger partial charge in [0.05, 0.1) is 0 Å². The van der Waals surface area contributed by atoms with Gasteiger partial charge >= 0.3 is 0 Å². The van der Waals surface area contributed by atoms with Crippen LogP contribution in [-0.2, 0) is 4.79 Å². The van der Waals surface area contributed by atoms with E-state index in [1.807, 2.05) is 13.8 Å². The van der Waals surface area contributed by atoms with Crippen molar-refractivity contribution < 1.29 is 4.79 Å². The number of nitrogens with one attached hydrogen (secondary N) is 2. The summed E-state index contributed by atoms with van der Waals surface area (Å²) in [4.78, 5) is 11.6. The van der Waals surface area contributed by atoms with Crippen molar-refractivity contribution in [2.75, 3.05) is 18.4 Å². The van der Waals surface area contributed by atoms with Crippen LogP contribution in [0.25, 0.3) is 0 Å². The van der Waals surface area contributed by atoms with Gasteiger partial charge in [0, 0.05) is 12.3 Å². The number of anilines is 1. The summed E-state index contributed by atoms with van der Waals surface area (Å²) in [7, 11) is 0. The molecule has 0 spiro atoms. The van der Waals surface area contributed by atoms with Gasteiger partial charge in [-0.05, 0) is 31.8 Å². The Bertz CT molecular complexity index is 399. The average Bonchev–Trinajstić information content (AvgIpc) is 2.77. The zero-order valence-electron chi connectivity index (χ0n) is 10.9. The summed E-state index contributed by atoms with van der Waals surface area (Å²) < 4.78 is 0. The Hall–Kier alpha value is -1.01. The van der Waals surface area contributed by atoms with Crippen molar-refractivity contribution in [3.63, 3.8) is 0 Å². The number of amides is 1. The van der Waals surface area contributed by atoms with Crippen LogP contribution in [0.5, 0.6) is 0 Å². The monoisotopic (exact) mass is 268 g/mol. The van der Waals surface area contributed by atoms with Crippen molar-refractivity contribution in [1.82, 2.24) is 15.5 Å². The van der Waals surface area contributed by atoms with E-state index in [0.29, 0.717) is 23.4 Å². The van der Waals surface area contributed by atoms with E-state index < -0.39 is 0 Å². The minimum Gasteiger partial charge on any atom is -0.317 e. The summed E-state index contributed by atoms with van der Waals surface area (Å²) in [6, 6.07) is 0. The molecular formula is C12H20N4OS. The lowest BCUT2D eigenvalue weighted by Gasteiger charge is -2.19. The third-order valence-corrected chi connectivity index (χ3v) is 3.97. The molecule has 0 saturated carbocycles. The second kappa shape index (κ2) is 6.24. The highest BCUT2D eigenvalue weighted by Gasteiger charge is 2.20. The van der Waals surface area contributed by atoms with Crippen LogP contribution in [0.4, 0.5) is 5.13 Å². The number of carbonyl (C=O) groups is 1. The molecule has 0 unspecified atom stereocenters. The minimum absolute atomic E-state index is 0.0259. The van der Waals surface area contributed by atoms with E-state index >= 15 is 0 Å². The molecule has 100 valence electrons. The minimum atomic E-state index is 0.0259. The van der Waals surface area contributed by atoms with Gasteiger partial charge in [-0.2, -0.15) is 0 Å². The SMILES string of the molecule is CC(C)CC(=O)Nc1nnc(C2CCNCC2)s1. The van der Waals surface area contributed by atoms with E-state index in [4.69, 9.17) is 0 Å². The molecule has 2 N–H and O–H groups in total. The maximum absolute atomic E-state index is 11.6. The van der Waals surface area contributed by atoms with Crippen molar-refractivity contribution in [2.45, 2.75) is 39.0 Å². The van der Waals surface area contributed by atoms with Crippen LogP contribution in [0, 0.1) is 5.92 Å². The summed E-state index contributed by atoms with van der Waals surface area (Å²) >= 11 is 1.51. The predicted molar refractivity (Wildman–Crippen MR) is 72.8 cm³/mol. The van der Waals surface area contributed by atoms with E-state index in [-0.39, 0.29) is 5.91 Å². The number of rotatable bonds is 4. The molecule has 0 aromatic carbocycles. The van der Waals surface area contributed by atoms with Crippen LogP contribution in [-0.4, -0.2) is 29.2 Å². The number of carbonyl (C=O) groups excluding carboxylic acids is 1. The van der Waals surface area contributed by atoms with Crippen molar-refractivity contribution in [1.29, 1.82) is 0 Å². The quantitative estimate of drug-likeness (QED) is 0.876. The van der Waals surface area contributed by atoms with Gasteiger partial charge in [-0.3, -0.25) is 4.79 Å².